The van der Waals surface area contributed by atoms with E-state index < -0.39 is 86.3 Å². The van der Waals surface area contributed by atoms with Gasteiger partial charge in [0, 0.05) is 30.1 Å². The van der Waals surface area contributed by atoms with Gasteiger partial charge in [0.15, 0.2) is 17.7 Å². The molecule has 3 fully saturated rings. The first-order valence-electron chi connectivity index (χ1n) is 13.9. The van der Waals surface area contributed by atoms with Gasteiger partial charge in [0.1, 0.15) is 23.4 Å². The van der Waals surface area contributed by atoms with Crippen LogP contribution in [0.4, 0.5) is 0 Å². The number of aliphatic hydroxyl groups is 1. The number of hydrogen-bond acceptors (Lipinski definition) is 11. The molecule has 1 saturated heterocycles. The van der Waals surface area contributed by atoms with Gasteiger partial charge in [0.2, 0.25) is 0 Å². The quantitative estimate of drug-likeness (QED) is 0.298. The largest absolute Gasteiger partial charge is 0.455 e. The van der Waals surface area contributed by atoms with Gasteiger partial charge in [-0.1, -0.05) is 39.0 Å². The Balaban J connectivity index is 1.79. The van der Waals surface area contributed by atoms with E-state index in [2.05, 4.69) is 0 Å². The Morgan fingerprint density at radius 1 is 1.07 bits per heavy atom. The van der Waals surface area contributed by atoms with Crippen molar-refractivity contribution < 1.29 is 51.1 Å². The molecule has 1 aromatic rings. The molecule has 5 rings (SSSR count). The number of carbonyl (C=O) groups is 4. The van der Waals surface area contributed by atoms with Crippen LogP contribution in [0.15, 0.2) is 41.5 Å². The Labute approximate surface area is 244 Å². The van der Waals surface area contributed by atoms with Crippen molar-refractivity contribution in [3.05, 3.63) is 47.0 Å². The lowest BCUT2D eigenvalue weighted by Crippen LogP contribution is -2.72. The van der Waals surface area contributed by atoms with Crippen LogP contribution < -0.4 is 0 Å². The van der Waals surface area contributed by atoms with Crippen LogP contribution in [0.5, 0.6) is 0 Å². The molecule has 1 aromatic carbocycles. The second kappa shape index (κ2) is 9.80. The molecule has 4 aliphatic rings. The van der Waals surface area contributed by atoms with Crippen molar-refractivity contribution in [1.82, 2.24) is 0 Å². The van der Waals surface area contributed by atoms with Crippen molar-refractivity contribution in [3.8, 4) is 0 Å². The number of esters is 2. The molecular formula is C30H36O11S. The summed E-state index contributed by atoms with van der Waals surface area (Å²) in [6.07, 6.45) is -3.57. The number of allylic oxidation sites excluding steroid dienone is 1. The van der Waals surface area contributed by atoms with Gasteiger partial charge in [-0.3, -0.25) is 18.6 Å². The van der Waals surface area contributed by atoms with Crippen LogP contribution in [0.1, 0.15) is 64.2 Å². The van der Waals surface area contributed by atoms with Crippen LogP contribution in [-0.2, 0) is 42.9 Å². The predicted octanol–water partition coefficient (Wildman–Crippen LogP) is 2.30. The number of ketones is 2. The molecule has 3 aliphatic carbocycles. The van der Waals surface area contributed by atoms with E-state index in [0.717, 1.165) is 13.2 Å². The average molecular weight is 605 g/mol. The van der Waals surface area contributed by atoms with Gasteiger partial charge in [0.05, 0.1) is 18.4 Å². The van der Waals surface area contributed by atoms with E-state index in [-0.39, 0.29) is 36.2 Å². The Hall–Kier alpha value is -2.93. The van der Waals surface area contributed by atoms with Crippen molar-refractivity contribution in [3.63, 3.8) is 0 Å². The molecule has 1 heterocycles. The lowest BCUT2D eigenvalue weighted by Gasteiger charge is -2.60. The van der Waals surface area contributed by atoms with Gasteiger partial charge in [-0.05, 0) is 43.0 Å². The maximum Gasteiger partial charge on any atom is 0.338 e. The van der Waals surface area contributed by atoms with Gasteiger partial charge in [-0.25, -0.2) is 4.79 Å². The van der Waals surface area contributed by atoms with Crippen molar-refractivity contribution >= 4 is 33.6 Å². The summed E-state index contributed by atoms with van der Waals surface area (Å²) in [6.45, 7) is 7.47. The topological polar surface area (TPSA) is 163 Å². The van der Waals surface area contributed by atoms with E-state index in [4.69, 9.17) is 18.4 Å². The maximum absolute atomic E-state index is 14.7. The molecule has 1 spiro atoms. The van der Waals surface area contributed by atoms with Gasteiger partial charge in [-0.2, -0.15) is 8.42 Å². The molecule has 12 heteroatoms. The smallest absolute Gasteiger partial charge is 0.338 e. The molecule has 0 radical (unpaired) electrons. The zero-order valence-electron chi connectivity index (χ0n) is 24.5. The summed E-state index contributed by atoms with van der Waals surface area (Å²) < 4.78 is 47.8. The van der Waals surface area contributed by atoms with Crippen LogP contribution in [0.2, 0.25) is 0 Å². The zero-order chi connectivity index (χ0) is 31.0. The summed E-state index contributed by atoms with van der Waals surface area (Å²) in [5, 5.41) is 12.7. The first kappa shape index (κ1) is 30.5. The van der Waals surface area contributed by atoms with E-state index in [1.54, 1.807) is 39.0 Å². The Morgan fingerprint density at radius 2 is 1.69 bits per heavy atom. The first-order valence-corrected chi connectivity index (χ1v) is 15.7. The number of fused-ring (bicyclic) bond motifs is 4. The molecule has 42 heavy (non-hydrogen) atoms. The molecule has 1 N–H and O–H groups in total. The van der Waals surface area contributed by atoms with Crippen molar-refractivity contribution in [2.24, 2.45) is 16.7 Å². The maximum atomic E-state index is 14.7. The predicted molar refractivity (Wildman–Crippen MR) is 146 cm³/mol. The minimum atomic E-state index is -3.99. The molecule has 2 saturated carbocycles. The summed E-state index contributed by atoms with van der Waals surface area (Å²) in [4.78, 5) is 54.2. The molecule has 1 aliphatic heterocycles. The molecule has 0 unspecified atom stereocenters. The van der Waals surface area contributed by atoms with Crippen LogP contribution >= 0.6 is 0 Å². The third-order valence-electron chi connectivity index (χ3n) is 9.82. The SMILES string of the molecule is CC(=O)O[C@H]1C(=O)[C@]2(C)CC[C@H](OS(C)(=O)=O)[C@@]3(CO3)[C@H]2[C@H](OC(=O)c2ccccc2)[C@]2(O)CC(=O)C(C)=C1C2(C)C. The summed E-state index contributed by atoms with van der Waals surface area (Å²) in [6, 6.07) is 8.06. The Morgan fingerprint density at radius 3 is 2.24 bits per heavy atom. The summed E-state index contributed by atoms with van der Waals surface area (Å²) in [7, 11) is -3.99. The minimum absolute atomic E-state index is 0.0374. The van der Waals surface area contributed by atoms with E-state index in [9.17, 15) is 32.7 Å². The van der Waals surface area contributed by atoms with Crippen LogP contribution in [-0.4, -0.2) is 79.4 Å². The second-order valence-electron chi connectivity index (χ2n) is 12.7. The number of ether oxygens (including phenoxy) is 3. The summed E-state index contributed by atoms with van der Waals surface area (Å²) in [5.74, 6) is -3.81. The van der Waals surface area contributed by atoms with Crippen LogP contribution in [0, 0.1) is 16.7 Å². The molecule has 0 aromatic heterocycles. The van der Waals surface area contributed by atoms with E-state index >= 15 is 0 Å². The van der Waals surface area contributed by atoms with E-state index in [1.807, 2.05) is 0 Å². The molecule has 7 atom stereocenters. The van der Waals surface area contributed by atoms with E-state index in [0.29, 0.717) is 0 Å². The Kier molecular flexibility index (Phi) is 7.12. The zero-order valence-corrected chi connectivity index (χ0v) is 25.3. The third-order valence-corrected chi connectivity index (χ3v) is 10.4. The summed E-state index contributed by atoms with van der Waals surface area (Å²) in [5.41, 5.74) is -5.99. The fourth-order valence-corrected chi connectivity index (χ4v) is 8.25. The number of Topliss-reactive ketones (excluding diaryl/α,β-unsaturated/α-hetero) is 2. The first-order chi connectivity index (χ1) is 19.4. The van der Waals surface area contributed by atoms with Crippen molar-refractivity contribution in [1.29, 1.82) is 0 Å². The molecule has 11 nitrogen and oxygen atoms in total. The lowest BCUT2D eigenvalue weighted by atomic mass is 9.47. The second-order valence-corrected chi connectivity index (χ2v) is 14.3. The van der Waals surface area contributed by atoms with Gasteiger partial charge in [-0.15, -0.1) is 0 Å². The van der Waals surface area contributed by atoms with E-state index in [1.165, 1.54) is 19.1 Å². The monoisotopic (exact) mass is 604 g/mol. The van der Waals surface area contributed by atoms with Gasteiger partial charge in [0.25, 0.3) is 10.1 Å². The van der Waals surface area contributed by atoms with Crippen LogP contribution in [0.25, 0.3) is 0 Å². The minimum Gasteiger partial charge on any atom is -0.455 e. The van der Waals surface area contributed by atoms with Gasteiger partial charge >= 0.3 is 11.9 Å². The molecule has 2 bridgehead atoms. The number of carbonyl (C=O) groups excluding carboxylic acids is 4. The fraction of sp³-hybridized carbons (Fsp3) is 0.600. The van der Waals surface area contributed by atoms with Crippen molar-refractivity contribution in [2.75, 3.05) is 12.9 Å². The highest BCUT2D eigenvalue weighted by atomic mass is 32.2. The fourth-order valence-electron chi connectivity index (χ4n) is 7.57. The molecule has 0 amide bonds. The van der Waals surface area contributed by atoms with Crippen molar-refractivity contribution in [2.45, 2.75) is 83.4 Å². The van der Waals surface area contributed by atoms with Crippen LogP contribution in [0.3, 0.4) is 0 Å². The Bertz CT molecular complexity index is 1490. The highest BCUT2D eigenvalue weighted by Crippen LogP contribution is 2.64. The third kappa shape index (κ3) is 4.54. The highest BCUT2D eigenvalue weighted by Gasteiger charge is 2.77. The average Bonchev–Trinajstić information content (AvgIpc) is 3.68. The molecule has 228 valence electrons. The number of rotatable bonds is 5. The molecular weight excluding hydrogens is 568 g/mol. The number of epoxide rings is 1. The number of hydrogen-bond donors (Lipinski definition) is 1. The lowest BCUT2D eigenvalue weighted by molar-refractivity contribution is -0.219. The summed E-state index contributed by atoms with van der Waals surface area (Å²) >= 11 is 0. The standard InChI is InChI=1S/C30H36O11S/c1-16-19(32)14-30(35)25(40-26(34)18-10-8-7-9-11-18)23-28(5,13-12-20(29(23)15-38-29)41-42(6,36)37)24(33)22(39-17(2)31)21(16)27(30,3)4/h7-11,20,22-23,25,35H,12-15H2,1-6H3/t20-,22+,23-,25-,28+,29-,30+/m0/s1. The normalized spacial score (nSPS) is 37.4. The number of benzene rings is 1. The van der Waals surface area contributed by atoms with Gasteiger partial charge < -0.3 is 19.3 Å². The highest BCUT2D eigenvalue weighted by molar-refractivity contribution is 7.86.